The second kappa shape index (κ2) is 6.70. The van der Waals surface area contributed by atoms with Gasteiger partial charge in [-0.15, -0.1) is 5.10 Å². The van der Waals surface area contributed by atoms with E-state index in [1.165, 1.54) is 0 Å². The monoisotopic (exact) mass is 399 g/mol. The zero-order chi connectivity index (χ0) is 20.1. The molecule has 2 heterocycles. The summed E-state index contributed by atoms with van der Waals surface area (Å²) in [7, 11) is 3.48. The molecule has 1 amide bonds. The first-order chi connectivity index (χ1) is 14.0. The Labute approximate surface area is 168 Å². The number of ether oxygens (including phenoxy) is 3. The van der Waals surface area contributed by atoms with E-state index < -0.39 is 0 Å². The number of methoxy groups -OCH3 is 1. The number of carbonyl (C=O) groups is 1. The van der Waals surface area contributed by atoms with Gasteiger partial charge in [0, 0.05) is 32.9 Å². The topological polar surface area (TPSA) is 90.7 Å². The van der Waals surface area contributed by atoms with E-state index in [0.717, 1.165) is 51.3 Å². The molecule has 1 N–H and O–H groups in total. The summed E-state index contributed by atoms with van der Waals surface area (Å²) in [4.78, 5) is 14.9. The number of morpholine rings is 1. The van der Waals surface area contributed by atoms with E-state index in [9.17, 15) is 4.79 Å². The van der Waals surface area contributed by atoms with Crippen molar-refractivity contribution in [2.75, 3.05) is 43.6 Å². The Balaban J connectivity index is 1.21. The van der Waals surface area contributed by atoms with Crippen LogP contribution in [0.1, 0.15) is 19.3 Å². The predicted molar refractivity (Wildman–Crippen MR) is 105 cm³/mol. The lowest BCUT2D eigenvalue weighted by Crippen LogP contribution is -2.72. The van der Waals surface area contributed by atoms with Gasteiger partial charge in [0.15, 0.2) is 0 Å². The van der Waals surface area contributed by atoms with Gasteiger partial charge in [-0.05, 0) is 43.5 Å². The van der Waals surface area contributed by atoms with Gasteiger partial charge in [-0.25, -0.2) is 0 Å². The van der Waals surface area contributed by atoms with Crippen molar-refractivity contribution in [3.63, 3.8) is 0 Å². The molecule has 4 fully saturated rings. The molecule has 0 radical (unpaired) electrons. The molecular weight excluding hydrogens is 374 g/mol. The maximum atomic E-state index is 12.6. The average molecular weight is 399 g/mol. The van der Waals surface area contributed by atoms with Crippen molar-refractivity contribution in [3.05, 3.63) is 24.3 Å². The molecule has 1 aliphatic heterocycles. The number of nitrogens with zero attached hydrogens (tertiary/aromatic N) is 4. The van der Waals surface area contributed by atoms with Crippen LogP contribution in [-0.4, -0.2) is 59.7 Å². The highest BCUT2D eigenvalue weighted by Gasteiger charge is 2.72. The number of anilines is 2. The lowest BCUT2D eigenvalue weighted by molar-refractivity contribution is -0.260. The fourth-order valence-corrected chi connectivity index (χ4v) is 4.55. The van der Waals surface area contributed by atoms with Crippen LogP contribution in [-0.2, 0) is 21.3 Å². The minimum absolute atomic E-state index is 0.0201. The van der Waals surface area contributed by atoms with E-state index in [1.54, 1.807) is 18.7 Å². The normalized spacial score (nSPS) is 27.7. The van der Waals surface area contributed by atoms with Crippen molar-refractivity contribution < 1.29 is 19.0 Å². The standard InChI is InChI=1S/C20H25N5O4/c1-24-17(21-16(26)19-11-20(12-19,13-19)27-2)22-23-18(24)29-15-5-3-14(4-6-15)25-7-9-28-10-8-25/h3-6H,7-13H2,1-2H3,(H,21,22,26). The summed E-state index contributed by atoms with van der Waals surface area (Å²) >= 11 is 0. The van der Waals surface area contributed by atoms with E-state index in [4.69, 9.17) is 14.2 Å². The SMILES string of the molecule is COC12CC(C(=O)Nc3nnc(Oc4ccc(N5CCOCC5)cc4)n3C)(C1)C2. The third kappa shape index (κ3) is 3.05. The molecule has 1 aromatic carbocycles. The molecule has 1 aromatic heterocycles. The third-order valence-electron chi connectivity index (χ3n) is 6.38. The maximum Gasteiger partial charge on any atom is 0.323 e. The van der Waals surface area contributed by atoms with Crippen molar-refractivity contribution in [2.24, 2.45) is 12.5 Å². The van der Waals surface area contributed by atoms with Crippen LogP contribution in [0, 0.1) is 5.41 Å². The Morgan fingerprint density at radius 3 is 2.48 bits per heavy atom. The predicted octanol–water partition coefficient (Wildman–Crippen LogP) is 1.95. The lowest BCUT2D eigenvalue weighted by atomic mass is 9.41. The van der Waals surface area contributed by atoms with Crippen LogP contribution in [0.4, 0.5) is 11.6 Å². The molecule has 3 aliphatic carbocycles. The quantitative estimate of drug-likeness (QED) is 0.794. The Morgan fingerprint density at radius 2 is 1.83 bits per heavy atom. The Morgan fingerprint density at radius 1 is 1.14 bits per heavy atom. The van der Waals surface area contributed by atoms with Crippen LogP contribution in [0.3, 0.4) is 0 Å². The molecule has 2 bridgehead atoms. The highest BCUT2D eigenvalue weighted by Crippen LogP contribution is 2.69. The molecule has 2 aromatic rings. The van der Waals surface area contributed by atoms with Gasteiger partial charge in [-0.1, -0.05) is 5.10 Å². The summed E-state index contributed by atoms with van der Waals surface area (Å²) < 4.78 is 18.4. The molecule has 1 saturated heterocycles. The summed E-state index contributed by atoms with van der Waals surface area (Å²) in [5.41, 5.74) is 0.760. The van der Waals surface area contributed by atoms with Crippen LogP contribution < -0.4 is 15.0 Å². The van der Waals surface area contributed by atoms with Crippen molar-refractivity contribution in [1.82, 2.24) is 14.8 Å². The van der Waals surface area contributed by atoms with Crippen molar-refractivity contribution in [3.8, 4) is 11.8 Å². The zero-order valence-electron chi connectivity index (χ0n) is 16.7. The van der Waals surface area contributed by atoms with E-state index >= 15 is 0 Å². The Kier molecular flexibility index (Phi) is 4.25. The van der Waals surface area contributed by atoms with Crippen LogP contribution in [0.5, 0.6) is 11.8 Å². The number of hydrogen-bond acceptors (Lipinski definition) is 7. The number of rotatable bonds is 6. The fourth-order valence-electron chi connectivity index (χ4n) is 4.55. The van der Waals surface area contributed by atoms with Crippen molar-refractivity contribution in [2.45, 2.75) is 24.9 Å². The van der Waals surface area contributed by atoms with Crippen LogP contribution >= 0.6 is 0 Å². The summed E-state index contributed by atoms with van der Waals surface area (Å²) in [5, 5.41) is 11.0. The number of carbonyl (C=O) groups excluding carboxylic acids is 1. The lowest BCUT2D eigenvalue weighted by Gasteiger charge is -2.67. The molecule has 3 saturated carbocycles. The number of hydrogen-bond donors (Lipinski definition) is 1. The molecule has 0 atom stereocenters. The largest absolute Gasteiger partial charge is 0.424 e. The molecule has 9 heteroatoms. The zero-order valence-corrected chi connectivity index (χ0v) is 16.7. The van der Waals surface area contributed by atoms with E-state index in [-0.39, 0.29) is 16.9 Å². The highest BCUT2D eigenvalue weighted by atomic mass is 16.5. The number of aromatic nitrogens is 3. The molecule has 4 aliphatic rings. The van der Waals surface area contributed by atoms with Gasteiger partial charge in [-0.3, -0.25) is 14.7 Å². The van der Waals surface area contributed by atoms with Gasteiger partial charge in [0.05, 0.1) is 24.2 Å². The smallest absolute Gasteiger partial charge is 0.323 e. The van der Waals surface area contributed by atoms with Gasteiger partial charge in [0.1, 0.15) is 5.75 Å². The van der Waals surface area contributed by atoms with Crippen LogP contribution in [0.2, 0.25) is 0 Å². The minimum Gasteiger partial charge on any atom is -0.424 e. The van der Waals surface area contributed by atoms with Crippen LogP contribution in [0.25, 0.3) is 0 Å². The molecular formula is C20H25N5O4. The first-order valence-corrected chi connectivity index (χ1v) is 9.89. The fraction of sp³-hybridized carbons (Fsp3) is 0.550. The van der Waals surface area contributed by atoms with E-state index in [1.807, 2.05) is 24.3 Å². The average Bonchev–Trinajstić information content (AvgIpc) is 3.01. The van der Waals surface area contributed by atoms with Gasteiger partial charge in [0.25, 0.3) is 0 Å². The molecule has 9 nitrogen and oxygen atoms in total. The van der Waals surface area contributed by atoms with Gasteiger partial charge in [0.2, 0.25) is 11.9 Å². The summed E-state index contributed by atoms with van der Waals surface area (Å²) in [5.74, 6) is 1.02. The van der Waals surface area contributed by atoms with E-state index in [2.05, 4.69) is 20.4 Å². The molecule has 6 rings (SSSR count). The van der Waals surface area contributed by atoms with Crippen LogP contribution in [0.15, 0.2) is 24.3 Å². The van der Waals surface area contributed by atoms with Crippen molar-refractivity contribution in [1.29, 1.82) is 0 Å². The molecule has 0 unspecified atom stereocenters. The van der Waals surface area contributed by atoms with Gasteiger partial charge >= 0.3 is 6.01 Å². The van der Waals surface area contributed by atoms with Gasteiger partial charge in [-0.2, -0.15) is 0 Å². The second-order valence-electron chi connectivity index (χ2n) is 8.21. The van der Waals surface area contributed by atoms with E-state index in [0.29, 0.717) is 17.7 Å². The summed E-state index contributed by atoms with van der Waals surface area (Å²) in [6, 6.07) is 8.18. The minimum atomic E-state index is -0.307. The highest BCUT2D eigenvalue weighted by molar-refractivity contribution is 5.97. The second-order valence-corrected chi connectivity index (χ2v) is 8.21. The van der Waals surface area contributed by atoms with Gasteiger partial charge < -0.3 is 19.1 Å². The van der Waals surface area contributed by atoms with Crippen molar-refractivity contribution >= 4 is 17.5 Å². The molecule has 0 spiro atoms. The maximum absolute atomic E-state index is 12.6. The summed E-state index contributed by atoms with van der Waals surface area (Å²) in [6.45, 7) is 3.28. The Bertz CT molecular complexity index is 900. The third-order valence-corrected chi connectivity index (χ3v) is 6.38. The molecule has 154 valence electrons. The summed E-state index contributed by atoms with van der Waals surface area (Å²) in [6.07, 6.45) is 2.33. The number of amides is 1. The molecule has 29 heavy (non-hydrogen) atoms. The first-order valence-electron chi connectivity index (χ1n) is 9.89. The first kappa shape index (κ1) is 18.4. The number of benzene rings is 1. The number of nitrogens with one attached hydrogen (secondary N) is 1. The Hall–Kier alpha value is -2.65.